The van der Waals surface area contributed by atoms with Gasteiger partial charge in [0.1, 0.15) is 0 Å². The van der Waals surface area contributed by atoms with E-state index in [4.69, 9.17) is 9.52 Å². The van der Waals surface area contributed by atoms with E-state index in [0.717, 1.165) is 29.1 Å². The smallest absolute Gasteiger partial charge is 0.181 e. The van der Waals surface area contributed by atoms with Crippen molar-refractivity contribution in [1.29, 1.82) is 0 Å². The molecular weight excluding hydrogens is 314 g/mol. The van der Waals surface area contributed by atoms with Crippen molar-refractivity contribution in [3.63, 3.8) is 0 Å². The summed E-state index contributed by atoms with van der Waals surface area (Å²) in [5.74, 6) is 0.747. The molecule has 0 amide bonds. The average Bonchev–Trinajstić information content (AvgIpc) is 3.16. The molecule has 2 aromatic carbocycles. The van der Waals surface area contributed by atoms with Crippen LogP contribution in [-0.2, 0) is 6.54 Å². The van der Waals surface area contributed by atoms with Crippen molar-refractivity contribution in [2.24, 2.45) is 4.99 Å². The van der Waals surface area contributed by atoms with E-state index in [9.17, 15) is 0 Å². The second-order valence-electron chi connectivity index (χ2n) is 5.87. The topological polar surface area (TPSA) is 61.9 Å². The summed E-state index contributed by atoms with van der Waals surface area (Å²) in [5.41, 5.74) is 4.13. The predicted octanol–water partition coefficient (Wildman–Crippen LogP) is 3.52. The van der Waals surface area contributed by atoms with Crippen LogP contribution in [0, 0.1) is 0 Å². The first-order chi connectivity index (χ1) is 12.2. The van der Waals surface area contributed by atoms with E-state index in [2.05, 4.69) is 39.1 Å². The molecule has 0 fully saturated rings. The second-order valence-corrected chi connectivity index (χ2v) is 5.87. The summed E-state index contributed by atoms with van der Waals surface area (Å²) >= 11 is 0. The van der Waals surface area contributed by atoms with Gasteiger partial charge in [0.25, 0.3) is 0 Å². The van der Waals surface area contributed by atoms with E-state index in [0.29, 0.717) is 6.54 Å². The van der Waals surface area contributed by atoms with Crippen LogP contribution in [0.1, 0.15) is 11.1 Å². The van der Waals surface area contributed by atoms with Gasteiger partial charge in [0.05, 0.1) is 18.5 Å². The van der Waals surface area contributed by atoms with Crippen LogP contribution in [0.25, 0.3) is 11.3 Å². The Morgan fingerprint density at radius 3 is 2.52 bits per heavy atom. The molecule has 0 saturated carbocycles. The largest absolute Gasteiger partial charge is 0.444 e. The number of oxazole rings is 1. The Bertz CT molecular complexity index is 794. The number of rotatable bonds is 7. The summed E-state index contributed by atoms with van der Waals surface area (Å²) in [6.07, 6.45) is 4.97. The first-order valence-electron chi connectivity index (χ1n) is 8.16. The third-order valence-corrected chi connectivity index (χ3v) is 3.86. The van der Waals surface area contributed by atoms with Gasteiger partial charge in [-0.2, -0.15) is 0 Å². The molecule has 0 bridgehead atoms. The fraction of sp³-hybridized carbons (Fsp3) is 0.200. The maximum absolute atomic E-state index is 8.94. The molecule has 1 N–H and O–H groups in total. The number of aliphatic imine (C=N–C) groups is 1. The second kappa shape index (κ2) is 8.37. The zero-order valence-corrected chi connectivity index (χ0v) is 14.2. The number of aliphatic hydroxyl groups is 1. The van der Waals surface area contributed by atoms with Gasteiger partial charge in [0.15, 0.2) is 12.2 Å². The fourth-order valence-corrected chi connectivity index (χ4v) is 2.49. The lowest BCUT2D eigenvalue weighted by Gasteiger charge is -2.14. The molecule has 0 spiro atoms. The molecule has 0 aliphatic rings. The van der Waals surface area contributed by atoms with Crippen LogP contribution in [0.3, 0.4) is 0 Å². The average molecular weight is 335 g/mol. The van der Waals surface area contributed by atoms with Gasteiger partial charge in [0, 0.05) is 24.9 Å². The highest BCUT2D eigenvalue weighted by Crippen LogP contribution is 2.22. The van der Waals surface area contributed by atoms with Crippen molar-refractivity contribution in [3.8, 4) is 11.3 Å². The maximum atomic E-state index is 8.94. The van der Waals surface area contributed by atoms with Crippen LogP contribution in [0.5, 0.6) is 0 Å². The molecule has 3 rings (SSSR count). The van der Waals surface area contributed by atoms with Gasteiger partial charge in [-0.3, -0.25) is 9.89 Å². The minimum absolute atomic E-state index is 0.177. The van der Waals surface area contributed by atoms with E-state index < -0.39 is 0 Å². The molecule has 5 nitrogen and oxygen atoms in total. The first kappa shape index (κ1) is 17.1. The summed E-state index contributed by atoms with van der Waals surface area (Å²) in [5, 5.41) is 8.94. The Hall–Kier alpha value is -2.76. The number of aliphatic hydroxyl groups excluding tert-OH is 1. The van der Waals surface area contributed by atoms with Crippen LogP contribution in [0.15, 0.2) is 70.5 Å². The summed E-state index contributed by atoms with van der Waals surface area (Å²) in [6, 6.07) is 16.1. The van der Waals surface area contributed by atoms with Crippen LogP contribution in [0.4, 0.5) is 5.69 Å². The van der Waals surface area contributed by atoms with E-state index in [1.165, 1.54) is 12.0 Å². The highest BCUT2D eigenvalue weighted by molar-refractivity contribution is 5.82. The Morgan fingerprint density at radius 1 is 1.12 bits per heavy atom. The minimum Gasteiger partial charge on any atom is -0.444 e. The Labute approximate surface area is 147 Å². The third-order valence-electron chi connectivity index (χ3n) is 3.86. The number of nitrogens with zero attached hydrogens (tertiary/aromatic N) is 3. The summed E-state index contributed by atoms with van der Waals surface area (Å²) < 4.78 is 5.28. The summed E-state index contributed by atoms with van der Waals surface area (Å²) in [4.78, 5) is 10.5. The van der Waals surface area contributed by atoms with E-state index in [1.807, 2.05) is 37.5 Å². The van der Waals surface area contributed by atoms with Gasteiger partial charge in [-0.1, -0.05) is 24.3 Å². The molecule has 0 unspecified atom stereocenters. The monoisotopic (exact) mass is 335 g/mol. The molecule has 0 saturated heterocycles. The van der Waals surface area contributed by atoms with E-state index >= 15 is 0 Å². The van der Waals surface area contributed by atoms with Crippen LogP contribution >= 0.6 is 0 Å². The first-order valence-corrected chi connectivity index (χ1v) is 8.16. The normalized spacial score (nSPS) is 11.5. The Kier molecular flexibility index (Phi) is 5.72. The number of likely N-dealkylation sites (N-methyl/N-ethyl adjacent to an activating group) is 1. The van der Waals surface area contributed by atoms with Crippen LogP contribution in [0.2, 0.25) is 0 Å². The van der Waals surface area contributed by atoms with Crippen molar-refractivity contribution >= 4 is 11.9 Å². The molecule has 0 radical (unpaired) electrons. The van der Waals surface area contributed by atoms with E-state index in [-0.39, 0.29) is 6.61 Å². The molecule has 0 aliphatic carbocycles. The van der Waals surface area contributed by atoms with Crippen molar-refractivity contribution < 1.29 is 9.52 Å². The molecule has 5 heteroatoms. The number of hydrogen-bond donors (Lipinski definition) is 1. The van der Waals surface area contributed by atoms with Gasteiger partial charge < -0.3 is 9.52 Å². The molecule has 1 aromatic heterocycles. The standard InChI is InChI=1S/C20H21N3O2/c1-23(10-11-24)14-17-4-2-16(3-5-17)12-22-19-8-6-18(7-9-19)20-13-21-15-25-20/h2-9,12-13,15,24H,10-11,14H2,1H3. The maximum Gasteiger partial charge on any atom is 0.181 e. The third kappa shape index (κ3) is 4.86. The molecule has 3 aromatic rings. The molecular formula is C20H21N3O2. The van der Waals surface area contributed by atoms with Crippen LogP contribution < -0.4 is 0 Å². The minimum atomic E-state index is 0.177. The van der Waals surface area contributed by atoms with Crippen molar-refractivity contribution in [3.05, 3.63) is 72.2 Å². The fourth-order valence-electron chi connectivity index (χ4n) is 2.49. The summed E-state index contributed by atoms with van der Waals surface area (Å²) in [6.45, 7) is 1.67. The van der Waals surface area contributed by atoms with Gasteiger partial charge in [-0.25, -0.2) is 4.98 Å². The molecule has 25 heavy (non-hydrogen) atoms. The lowest BCUT2D eigenvalue weighted by molar-refractivity contribution is 0.217. The number of benzene rings is 2. The van der Waals surface area contributed by atoms with Gasteiger partial charge in [-0.05, 0) is 42.4 Å². The number of aromatic nitrogens is 1. The molecule has 0 atom stereocenters. The highest BCUT2D eigenvalue weighted by atomic mass is 16.3. The summed E-state index contributed by atoms with van der Waals surface area (Å²) in [7, 11) is 1.99. The predicted molar refractivity (Wildman–Crippen MR) is 99.1 cm³/mol. The van der Waals surface area contributed by atoms with Gasteiger partial charge in [-0.15, -0.1) is 0 Å². The quantitative estimate of drug-likeness (QED) is 0.671. The molecule has 1 heterocycles. The Balaban J connectivity index is 1.61. The SMILES string of the molecule is CN(CCO)Cc1ccc(C=Nc2ccc(-c3cnco3)cc2)cc1. The van der Waals surface area contributed by atoms with Crippen LogP contribution in [-0.4, -0.2) is 41.4 Å². The van der Waals surface area contributed by atoms with Crippen molar-refractivity contribution in [1.82, 2.24) is 9.88 Å². The van der Waals surface area contributed by atoms with Crippen molar-refractivity contribution in [2.75, 3.05) is 20.2 Å². The van der Waals surface area contributed by atoms with E-state index in [1.54, 1.807) is 6.20 Å². The van der Waals surface area contributed by atoms with Gasteiger partial charge >= 0.3 is 0 Å². The Morgan fingerprint density at radius 2 is 1.88 bits per heavy atom. The van der Waals surface area contributed by atoms with Crippen molar-refractivity contribution in [2.45, 2.75) is 6.54 Å². The zero-order valence-electron chi connectivity index (χ0n) is 14.2. The highest BCUT2D eigenvalue weighted by Gasteiger charge is 2.01. The lowest BCUT2D eigenvalue weighted by Crippen LogP contribution is -2.21. The lowest BCUT2D eigenvalue weighted by atomic mass is 10.1. The van der Waals surface area contributed by atoms with Gasteiger partial charge in [0.2, 0.25) is 0 Å². The molecule has 0 aliphatic heterocycles. The zero-order chi connectivity index (χ0) is 17.5. The number of hydrogen-bond acceptors (Lipinski definition) is 5. The molecule has 128 valence electrons.